The largest absolute Gasteiger partial charge is 0.492 e. The molecule has 2 rings (SSSR count). The number of benzene rings is 2. The highest BCUT2D eigenvalue weighted by atomic mass is 79.9. The standard InChI is InChI=1S/C18H15Br2NO4/c1-2-25-16-13(19)8-11(9-14(16)20)10-15(18(23)24)21-17(22)12-6-4-3-5-7-12/h3-10H,2H2,1H3,(H,21,22)(H,23,24)/b15-10+. The average molecular weight is 469 g/mol. The molecule has 0 aliphatic rings. The molecule has 0 fully saturated rings. The molecule has 0 atom stereocenters. The van der Waals surface area contributed by atoms with E-state index in [0.29, 0.717) is 32.4 Å². The van der Waals surface area contributed by atoms with E-state index in [1.54, 1.807) is 42.5 Å². The Kier molecular flexibility index (Phi) is 6.78. The van der Waals surface area contributed by atoms with Crippen molar-refractivity contribution in [2.24, 2.45) is 0 Å². The van der Waals surface area contributed by atoms with Crippen molar-refractivity contribution >= 4 is 49.8 Å². The van der Waals surface area contributed by atoms with Crippen LogP contribution in [0.2, 0.25) is 0 Å². The van der Waals surface area contributed by atoms with Gasteiger partial charge in [0.25, 0.3) is 5.91 Å². The fourth-order valence-electron chi connectivity index (χ4n) is 2.05. The summed E-state index contributed by atoms with van der Waals surface area (Å²) in [5.41, 5.74) is 0.744. The van der Waals surface area contributed by atoms with E-state index in [0.717, 1.165) is 0 Å². The van der Waals surface area contributed by atoms with Crippen LogP contribution in [0.5, 0.6) is 5.75 Å². The number of nitrogens with one attached hydrogen (secondary N) is 1. The molecule has 0 aliphatic heterocycles. The molecule has 7 heteroatoms. The summed E-state index contributed by atoms with van der Waals surface area (Å²) >= 11 is 6.79. The predicted molar refractivity (Wildman–Crippen MR) is 103 cm³/mol. The number of amides is 1. The molecule has 0 saturated carbocycles. The van der Waals surface area contributed by atoms with E-state index in [-0.39, 0.29) is 5.70 Å². The van der Waals surface area contributed by atoms with Crippen LogP contribution >= 0.6 is 31.9 Å². The van der Waals surface area contributed by atoms with Crippen LogP contribution in [0, 0.1) is 0 Å². The van der Waals surface area contributed by atoms with Crippen molar-refractivity contribution in [2.45, 2.75) is 6.92 Å². The average Bonchev–Trinajstić information content (AvgIpc) is 2.58. The van der Waals surface area contributed by atoms with Gasteiger partial charge in [-0.25, -0.2) is 4.79 Å². The van der Waals surface area contributed by atoms with Gasteiger partial charge in [0.05, 0.1) is 15.6 Å². The lowest BCUT2D eigenvalue weighted by Gasteiger charge is -2.10. The second kappa shape index (κ2) is 8.82. The molecule has 0 unspecified atom stereocenters. The number of aliphatic carboxylic acids is 1. The van der Waals surface area contributed by atoms with Crippen molar-refractivity contribution in [3.8, 4) is 5.75 Å². The van der Waals surface area contributed by atoms with Crippen LogP contribution in [0.15, 0.2) is 57.1 Å². The lowest BCUT2D eigenvalue weighted by Crippen LogP contribution is -2.27. The Hall–Kier alpha value is -2.12. The summed E-state index contributed by atoms with van der Waals surface area (Å²) in [5, 5.41) is 11.8. The summed E-state index contributed by atoms with van der Waals surface area (Å²) in [4.78, 5) is 23.6. The number of hydrogen-bond donors (Lipinski definition) is 2. The van der Waals surface area contributed by atoms with Gasteiger partial charge < -0.3 is 15.2 Å². The maximum Gasteiger partial charge on any atom is 0.352 e. The smallest absolute Gasteiger partial charge is 0.352 e. The monoisotopic (exact) mass is 467 g/mol. The number of carbonyl (C=O) groups excluding carboxylic acids is 1. The van der Waals surface area contributed by atoms with Crippen molar-refractivity contribution in [3.63, 3.8) is 0 Å². The predicted octanol–water partition coefficient (Wildman–Crippen LogP) is 4.47. The summed E-state index contributed by atoms with van der Waals surface area (Å²) in [6.45, 7) is 2.37. The summed E-state index contributed by atoms with van der Waals surface area (Å²) < 4.78 is 6.85. The summed E-state index contributed by atoms with van der Waals surface area (Å²) in [6.07, 6.45) is 1.38. The first-order valence-corrected chi connectivity index (χ1v) is 8.94. The third kappa shape index (κ3) is 5.17. The zero-order chi connectivity index (χ0) is 18.4. The zero-order valence-corrected chi connectivity index (χ0v) is 16.4. The molecule has 2 aromatic carbocycles. The van der Waals surface area contributed by atoms with Crippen LogP contribution in [0.25, 0.3) is 6.08 Å². The minimum absolute atomic E-state index is 0.225. The van der Waals surface area contributed by atoms with E-state index in [2.05, 4.69) is 37.2 Å². The topological polar surface area (TPSA) is 75.6 Å². The van der Waals surface area contributed by atoms with Gasteiger partial charge in [0.15, 0.2) is 0 Å². The van der Waals surface area contributed by atoms with Gasteiger partial charge >= 0.3 is 5.97 Å². The van der Waals surface area contributed by atoms with Crippen LogP contribution in [-0.2, 0) is 4.79 Å². The van der Waals surface area contributed by atoms with Gasteiger partial charge in [-0.3, -0.25) is 4.79 Å². The van der Waals surface area contributed by atoms with E-state index in [4.69, 9.17) is 4.74 Å². The van der Waals surface area contributed by atoms with Crippen LogP contribution in [0.3, 0.4) is 0 Å². The minimum atomic E-state index is -1.23. The molecule has 5 nitrogen and oxygen atoms in total. The maximum atomic E-state index is 12.2. The van der Waals surface area contributed by atoms with E-state index in [1.807, 2.05) is 6.92 Å². The van der Waals surface area contributed by atoms with Gasteiger partial charge in [-0.05, 0) is 74.7 Å². The highest BCUT2D eigenvalue weighted by molar-refractivity contribution is 9.11. The molecule has 0 saturated heterocycles. The molecule has 2 aromatic rings. The molecule has 0 radical (unpaired) electrons. The molecule has 0 bridgehead atoms. The lowest BCUT2D eigenvalue weighted by atomic mass is 10.1. The lowest BCUT2D eigenvalue weighted by molar-refractivity contribution is -0.132. The zero-order valence-electron chi connectivity index (χ0n) is 13.3. The van der Waals surface area contributed by atoms with Gasteiger partial charge in [0.2, 0.25) is 0 Å². The Morgan fingerprint density at radius 2 is 1.76 bits per heavy atom. The number of halogens is 2. The Morgan fingerprint density at radius 1 is 1.16 bits per heavy atom. The van der Waals surface area contributed by atoms with E-state index in [9.17, 15) is 14.7 Å². The van der Waals surface area contributed by atoms with E-state index < -0.39 is 11.9 Å². The van der Waals surface area contributed by atoms with Gasteiger partial charge in [-0.2, -0.15) is 0 Å². The summed E-state index contributed by atoms with van der Waals surface area (Å²) in [6, 6.07) is 11.8. The number of carboxylic acids is 1. The fraction of sp³-hybridized carbons (Fsp3) is 0.111. The quantitative estimate of drug-likeness (QED) is 0.613. The molecular formula is C18H15Br2NO4. The number of ether oxygens (including phenoxy) is 1. The van der Waals surface area contributed by atoms with Crippen LogP contribution in [0.4, 0.5) is 0 Å². The second-order valence-electron chi connectivity index (χ2n) is 4.93. The molecule has 130 valence electrons. The third-order valence-electron chi connectivity index (χ3n) is 3.13. The summed E-state index contributed by atoms with van der Waals surface area (Å²) in [7, 11) is 0. The number of hydrogen-bond acceptors (Lipinski definition) is 3. The Labute approximate surface area is 162 Å². The first-order valence-electron chi connectivity index (χ1n) is 7.35. The molecule has 0 aliphatic carbocycles. The molecule has 1 amide bonds. The first-order chi connectivity index (χ1) is 11.9. The van der Waals surface area contributed by atoms with Gasteiger partial charge in [0, 0.05) is 5.56 Å². The molecule has 0 heterocycles. The third-order valence-corrected chi connectivity index (χ3v) is 4.31. The Morgan fingerprint density at radius 3 is 2.28 bits per heavy atom. The van der Waals surface area contributed by atoms with Crippen LogP contribution in [-0.4, -0.2) is 23.6 Å². The fourth-order valence-corrected chi connectivity index (χ4v) is 3.50. The minimum Gasteiger partial charge on any atom is -0.492 e. The van der Waals surface area contributed by atoms with Crippen molar-refractivity contribution in [1.82, 2.24) is 5.32 Å². The van der Waals surface area contributed by atoms with Crippen molar-refractivity contribution < 1.29 is 19.4 Å². The second-order valence-corrected chi connectivity index (χ2v) is 6.64. The van der Waals surface area contributed by atoms with Crippen molar-refractivity contribution in [1.29, 1.82) is 0 Å². The van der Waals surface area contributed by atoms with Crippen molar-refractivity contribution in [2.75, 3.05) is 6.61 Å². The molecule has 2 N–H and O–H groups in total. The van der Waals surface area contributed by atoms with Crippen LogP contribution < -0.4 is 10.1 Å². The van der Waals surface area contributed by atoms with Gasteiger partial charge in [0.1, 0.15) is 11.4 Å². The molecular weight excluding hydrogens is 454 g/mol. The highest BCUT2D eigenvalue weighted by Crippen LogP contribution is 2.35. The van der Waals surface area contributed by atoms with E-state index in [1.165, 1.54) is 6.08 Å². The highest BCUT2D eigenvalue weighted by Gasteiger charge is 2.14. The number of rotatable bonds is 6. The van der Waals surface area contributed by atoms with Gasteiger partial charge in [-0.15, -0.1) is 0 Å². The first kappa shape index (κ1) is 19.2. The molecule has 25 heavy (non-hydrogen) atoms. The Balaban J connectivity index is 2.31. The molecule has 0 spiro atoms. The number of carboxylic acid groups (broad SMARTS) is 1. The maximum absolute atomic E-state index is 12.2. The van der Waals surface area contributed by atoms with Gasteiger partial charge in [-0.1, -0.05) is 18.2 Å². The normalized spacial score (nSPS) is 11.1. The SMILES string of the molecule is CCOc1c(Br)cc(/C=C(/NC(=O)c2ccccc2)C(=O)O)cc1Br. The molecule has 0 aromatic heterocycles. The number of carbonyl (C=O) groups is 2. The summed E-state index contributed by atoms with van der Waals surface area (Å²) in [5.74, 6) is -1.09. The van der Waals surface area contributed by atoms with Crippen molar-refractivity contribution in [3.05, 3.63) is 68.2 Å². The Bertz CT molecular complexity index is 796. The van der Waals surface area contributed by atoms with E-state index >= 15 is 0 Å². The van der Waals surface area contributed by atoms with Crippen LogP contribution in [0.1, 0.15) is 22.8 Å².